The van der Waals surface area contributed by atoms with Crippen LogP contribution in [0.15, 0.2) is 0 Å². The van der Waals surface area contributed by atoms with Crippen molar-refractivity contribution in [2.75, 3.05) is 6.61 Å². The Balaban J connectivity index is 3.55. The monoisotopic (exact) mass is 266 g/mol. The van der Waals surface area contributed by atoms with E-state index in [0.29, 0.717) is 13.0 Å². The first-order chi connectivity index (χ1) is 8.74. The summed E-state index contributed by atoms with van der Waals surface area (Å²) in [6.07, 6.45) is 5.38. The molecule has 0 saturated carbocycles. The predicted octanol–water partition coefficient (Wildman–Crippen LogP) is 4.36. The Labute approximate surface area is 109 Å². The van der Waals surface area contributed by atoms with Crippen LogP contribution in [-0.2, 0) is 14.2 Å². The van der Waals surface area contributed by atoms with Gasteiger partial charge in [-0.15, -0.1) is 0 Å². The van der Waals surface area contributed by atoms with Crippen molar-refractivity contribution in [3.8, 4) is 0 Å². The fourth-order valence-electron chi connectivity index (χ4n) is 1.54. The van der Waals surface area contributed by atoms with Crippen molar-refractivity contribution < 1.29 is 23.1 Å². The SMILES string of the molecule is CCCCCCOB(OF)OC(F)CCCCC. The van der Waals surface area contributed by atoms with Crippen LogP contribution >= 0.6 is 0 Å². The van der Waals surface area contributed by atoms with Gasteiger partial charge >= 0.3 is 7.32 Å². The summed E-state index contributed by atoms with van der Waals surface area (Å²) in [6, 6.07) is 0. The molecule has 0 spiro atoms. The van der Waals surface area contributed by atoms with Crippen molar-refractivity contribution in [1.82, 2.24) is 0 Å². The summed E-state index contributed by atoms with van der Waals surface area (Å²) in [7, 11) is -1.54. The van der Waals surface area contributed by atoms with E-state index in [4.69, 9.17) is 4.65 Å². The van der Waals surface area contributed by atoms with E-state index in [1.165, 1.54) is 0 Å². The highest BCUT2D eigenvalue weighted by molar-refractivity contribution is 6.35. The molecule has 0 N–H and O–H groups in total. The summed E-state index contributed by atoms with van der Waals surface area (Å²) in [5, 5.41) is 0. The Morgan fingerprint density at radius 3 is 2.28 bits per heavy atom. The van der Waals surface area contributed by atoms with Crippen LogP contribution in [0.25, 0.3) is 0 Å². The average molecular weight is 266 g/mol. The van der Waals surface area contributed by atoms with E-state index in [2.05, 4.69) is 16.4 Å². The maximum absolute atomic E-state index is 13.2. The molecule has 0 amide bonds. The number of alkyl halides is 1. The number of rotatable bonds is 13. The van der Waals surface area contributed by atoms with Gasteiger partial charge in [-0.2, -0.15) is 4.86 Å². The molecule has 0 bridgehead atoms. The van der Waals surface area contributed by atoms with E-state index < -0.39 is 13.7 Å². The average Bonchev–Trinajstić information content (AvgIpc) is 2.37. The number of hydrogen-bond acceptors (Lipinski definition) is 3. The van der Waals surface area contributed by atoms with Crippen LogP contribution < -0.4 is 0 Å². The highest BCUT2D eigenvalue weighted by Gasteiger charge is 2.26. The molecular formula is C12H25BF2O3. The van der Waals surface area contributed by atoms with E-state index in [1.807, 2.05) is 6.92 Å². The molecule has 0 saturated heterocycles. The van der Waals surface area contributed by atoms with Crippen molar-refractivity contribution in [1.29, 1.82) is 0 Å². The Morgan fingerprint density at radius 1 is 1.00 bits per heavy atom. The number of halogens is 2. The first kappa shape index (κ1) is 17.8. The Morgan fingerprint density at radius 2 is 1.67 bits per heavy atom. The topological polar surface area (TPSA) is 27.7 Å². The maximum Gasteiger partial charge on any atom is 0.674 e. The van der Waals surface area contributed by atoms with E-state index in [-0.39, 0.29) is 6.42 Å². The quantitative estimate of drug-likeness (QED) is 0.366. The smallest absolute Gasteiger partial charge is 0.384 e. The molecule has 0 aliphatic heterocycles. The molecule has 0 aromatic carbocycles. The molecule has 0 rings (SSSR count). The van der Waals surface area contributed by atoms with Crippen LogP contribution in [0.1, 0.15) is 65.2 Å². The van der Waals surface area contributed by atoms with Crippen LogP contribution in [-0.4, -0.2) is 20.3 Å². The third-order valence-electron chi connectivity index (χ3n) is 2.62. The Kier molecular flexibility index (Phi) is 13.1. The summed E-state index contributed by atoms with van der Waals surface area (Å²) >= 11 is 0. The van der Waals surface area contributed by atoms with Crippen LogP contribution in [0.2, 0.25) is 0 Å². The molecule has 108 valence electrons. The summed E-state index contributed by atoms with van der Waals surface area (Å²) in [6.45, 7) is 4.44. The molecule has 0 heterocycles. The van der Waals surface area contributed by atoms with Crippen LogP contribution in [0.3, 0.4) is 0 Å². The Hall–Kier alpha value is -0.195. The number of hydrogen-bond donors (Lipinski definition) is 0. The zero-order chi connectivity index (χ0) is 13.6. The highest BCUT2D eigenvalue weighted by atomic mass is 19.3. The Bertz CT molecular complexity index is 175. The van der Waals surface area contributed by atoms with Crippen molar-refractivity contribution in [2.24, 2.45) is 0 Å². The van der Waals surface area contributed by atoms with Gasteiger partial charge in [0.25, 0.3) is 0 Å². The fourth-order valence-corrected chi connectivity index (χ4v) is 1.54. The lowest BCUT2D eigenvalue weighted by molar-refractivity contribution is -0.105. The van der Waals surface area contributed by atoms with Gasteiger partial charge < -0.3 is 9.31 Å². The summed E-state index contributed by atoms with van der Waals surface area (Å²) in [5.41, 5.74) is 0. The minimum Gasteiger partial charge on any atom is -0.384 e. The second-order valence-corrected chi connectivity index (χ2v) is 4.35. The van der Waals surface area contributed by atoms with Gasteiger partial charge in [0.2, 0.25) is 0 Å². The first-order valence-electron chi connectivity index (χ1n) is 6.93. The molecular weight excluding hydrogens is 241 g/mol. The molecule has 0 fully saturated rings. The van der Waals surface area contributed by atoms with Crippen molar-refractivity contribution in [2.45, 2.75) is 71.6 Å². The summed E-state index contributed by atoms with van der Waals surface area (Å²) in [4.78, 5) is 3.45. The van der Waals surface area contributed by atoms with Gasteiger partial charge in [0.1, 0.15) is 0 Å². The normalized spacial score (nSPS) is 12.7. The molecule has 0 aliphatic carbocycles. The highest BCUT2D eigenvalue weighted by Crippen LogP contribution is 2.11. The first-order valence-corrected chi connectivity index (χ1v) is 6.93. The van der Waals surface area contributed by atoms with Gasteiger partial charge in [-0.3, -0.25) is 0 Å². The zero-order valence-corrected chi connectivity index (χ0v) is 11.5. The largest absolute Gasteiger partial charge is 0.674 e. The van der Waals surface area contributed by atoms with Gasteiger partial charge in [0, 0.05) is 13.0 Å². The molecule has 0 aromatic rings. The lowest BCUT2D eigenvalue weighted by Crippen LogP contribution is -2.28. The standard InChI is InChI=1S/C12H25BF2O3/c1-3-5-7-9-11-16-13(18-15)17-12(14)10-8-6-4-2/h12H,3-11H2,1-2H3. The van der Waals surface area contributed by atoms with Crippen LogP contribution in [0, 0.1) is 0 Å². The van der Waals surface area contributed by atoms with Crippen LogP contribution in [0.5, 0.6) is 0 Å². The molecule has 0 radical (unpaired) electrons. The third kappa shape index (κ3) is 10.9. The molecule has 0 aromatic heterocycles. The van der Waals surface area contributed by atoms with E-state index in [1.54, 1.807) is 0 Å². The van der Waals surface area contributed by atoms with Gasteiger partial charge in [0.15, 0.2) is 6.36 Å². The number of unbranched alkanes of at least 4 members (excludes halogenated alkanes) is 5. The predicted molar refractivity (Wildman–Crippen MR) is 68.2 cm³/mol. The third-order valence-corrected chi connectivity index (χ3v) is 2.62. The fraction of sp³-hybridized carbons (Fsp3) is 1.00. The summed E-state index contributed by atoms with van der Waals surface area (Å²) in [5.74, 6) is 0. The van der Waals surface area contributed by atoms with Gasteiger partial charge in [-0.25, -0.2) is 4.39 Å². The van der Waals surface area contributed by atoms with Crippen molar-refractivity contribution >= 4 is 7.32 Å². The van der Waals surface area contributed by atoms with E-state index in [9.17, 15) is 8.92 Å². The summed E-state index contributed by atoms with van der Waals surface area (Å²) < 4.78 is 34.9. The van der Waals surface area contributed by atoms with Gasteiger partial charge in [0.05, 0.1) is 0 Å². The van der Waals surface area contributed by atoms with E-state index in [0.717, 1.165) is 38.5 Å². The second kappa shape index (κ2) is 13.2. The minimum absolute atomic E-state index is 0.243. The van der Waals surface area contributed by atoms with Gasteiger partial charge in [-0.05, 0) is 12.8 Å². The van der Waals surface area contributed by atoms with Crippen LogP contribution in [0.4, 0.5) is 8.92 Å². The second-order valence-electron chi connectivity index (χ2n) is 4.35. The lowest BCUT2D eigenvalue weighted by atomic mass is 10.2. The van der Waals surface area contributed by atoms with E-state index >= 15 is 0 Å². The molecule has 18 heavy (non-hydrogen) atoms. The van der Waals surface area contributed by atoms with Gasteiger partial charge in [-0.1, -0.05) is 50.5 Å². The molecule has 1 unspecified atom stereocenters. The zero-order valence-electron chi connectivity index (χ0n) is 11.5. The molecule has 3 nitrogen and oxygen atoms in total. The maximum atomic E-state index is 13.2. The molecule has 6 heteroatoms. The van der Waals surface area contributed by atoms with Crippen molar-refractivity contribution in [3.05, 3.63) is 0 Å². The lowest BCUT2D eigenvalue weighted by Gasteiger charge is -2.13. The van der Waals surface area contributed by atoms with Crippen molar-refractivity contribution in [3.63, 3.8) is 0 Å². The molecule has 0 aliphatic rings. The molecule has 1 atom stereocenters. The minimum atomic E-state index is -1.54.